The predicted molar refractivity (Wildman–Crippen MR) is 123 cm³/mol. The normalized spacial score (nSPS) is 12.4. The fraction of sp³-hybridized carbons (Fsp3) is 0.304. The summed E-state index contributed by atoms with van der Waals surface area (Å²) in [7, 11) is -4.02. The number of H-pyrrole nitrogens is 2. The summed E-state index contributed by atoms with van der Waals surface area (Å²) >= 11 is 0. The zero-order valence-electron chi connectivity index (χ0n) is 18.3. The van der Waals surface area contributed by atoms with E-state index in [9.17, 15) is 23.3 Å². The van der Waals surface area contributed by atoms with Gasteiger partial charge in [-0.25, -0.2) is 18.4 Å². The number of nitro benzene ring substituents is 1. The van der Waals surface area contributed by atoms with Crippen LogP contribution in [0.4, 0.5) is 5.69 Å². The monoisotopic (exact) mass is 471 g/mol. The number of benzene rings is 2. The minimum Gasteiger partial charge on any atom is -0.300 e. The summed E-state index contributed by atoms with van der Waals surface area (Å²) < 4.78 is 28.8. The molecule has 0 fully saturated rings. The first kappa shape index (κ1) is 24.3. The van der Waals surface area contributed by atoms with Crippen LogP contribution in [0.3, 0.4) is 0 Å². The molecule has 3 N–H and O–H groups in total. The Balaban J connectivity index is 1.82. The lowest BCUT2D eigenvalue weighted by atomic mass is 10.1. The molecule has 0 aliphatic rings. The number of imidazole rings is 1. The van der Waals surface area contributed by atoms with Crippen LogP contribution < -0.4 is 9.71 Å². The number of aromatic amines is 2. The van der Waals surface area contributed by atoms with Gasteiger partial charge >= 0.3 is 0 Å². The van der Waals surface area contributed by atoms with Crippen LogP contribution in [0.25, 0.3) is 11.3 Å². The first-order chi connectivity index (χ1) is 15.8. The Morgan fingerprint density at radius 1 is 1.12 bits per heavy atom. The van der Waals surface area contributed by atoms with Crippen LogP contribution >= 0.6 is 0 Å². The van der Waals surface area contributed by atoms with E-state index >= 15 is 0 Å². The molecule has 10 heteroatoms. The van der Waals surface area contributed by atoms with Crippen molar-refractivity contribution in [2.75, 3.05) is 0 Å². The van der Waals surface area contributed by atoms with Crippen LogP contribution in [0.5, 0.6) is 0 Å². The van der Waals surface area contributed by atoms with Gasteiger partial charge in [0.15, 0.2) is 5.69 Å². The van der Waals surface area contributed by atoms with Crippen molar-refractivity contribution < 1.29 is 23.1 Å². The molecule has 3 aromatic rings. The second kappa shape index (κ2) is 11.0. The largest absolute Gasteiger partial charge is 0.300 e. The minimum absolute atomic E-state index is 0.128. The number of unbranched alkanes of at least 4 members (excludes halogenated alkanes) is 2. The van der Waals surface area contributed by atoms with Gasteiger partial charge in [-0.1, -0.05) is 49.2 Å². The van der Waals surface area contributed by atoms with Gasteiger partial charge in [-0.3, -0.25) is 10.1 Å². The van der Waals surface area contributed by atoms with Crippen molar-refractivity contribution in [2.24, 2.45) is 0 Å². The Kier molecular flexibility index (Phi) is 8.07. The predicted octanol–water partition coefficient (Wildman–Crippen LogP) is 3.96. The molecule has 0 unspecified atom stereocenters. The smallest absolute Gasteiger partial charge is 0.270 e. The average Bonchev–Trinajstić information content (AvgIpc) is 3.29. The first-order valence-electron chi connectivity index (χ1n) is 10.7. The Morgan fingerprint density at radius 3 is 2.58 bits per heavy atom. The molecule has 174 valence electrons. The summed E-state index contributed by atoms with van der Waals surface area (Å²) in [5, 5.41) is 11.1. The lowest BCUT2D eigenvalue weighted by Gasteiger charge is -2.14. The summed E-state index contributed by atoms with van der Waals surface area (Å²) in [4.78, 5) is 27.8. The number of hydrogen-bond donors (Lipinski definition) is 2. The Bertz CT molecular complexity index is 1210. The molecule has 0 amide bonds. The number of sulfonamides is 1. The standard InChI is InChI=1S/C23H26N4O5S/c1-17(28)9-4-2-7-14-21(23-24-16-22(25-23)18-10-5-3-6-11-18)26-33(31,32)20-13-8-12-19(15-20)27(29)30/h3,5-6,8,10-13,15-16,21,26H,2,4,7,9,14H2,1H3,(H,24,25)/p+1/t21-/m0/s1. The van der Waals surface area contributed by atoms with Gasteiger partial charge in [0, 0.05) is 24.1 Å². The van der Waals surface area contributed by atoms with E-state index < -0.39 is 21.0 Å². The van der Waals surface area contributed by atoms with Gasteiger partial charge in [-0.05, 0) is 25.8 Å². The molecular weight excluding hydrogens is 444 g/mol. The number of carbonyl (C=O) groups is 1. The van der Waals surface area contributed by atoms with Crippen LogP contribution in [0.1, 0.15) is 50.9 Å². The van der Waals surface area contributed by atoms with E-state index in [-0.39, 0.29) is 16.4 Å². The third-order valence-corrected chi connectivity index (χ3v) is 6.70. The van der Waals surface area contributed by atoms with Crippen molar-refractivity contribution in [3.8, 4) is 11.3 Å². The second-order valence-electron chi connectivity index (χ2n) is 7.84. The molecule has 1 heterocycles. The Morgan fingerprint density at radius 2 is 1.88 bits per heavy atom. The van der Waals surface area contributed by atoms with Gasteiger partial charge in [0.1, 0.15) is 18.0 Å². The first-order valence-corrected chi connectivity index (χ1v) is 12.2. The van der Waals surface area contributed by atoms with Crippen LogP contribution in [0.2, 0.25) is 0 Å². The Hall–Kier alpha value is -3.37. The number of nitrogens with one attached hydrogen (secondary N) is 3. The molecule has 33 heavy (non-hydrogen) atoms. The molecule has 0 saturated carbocycles. The van der Waals surface area contributed by atoms with E-state index in [0.717, 1.165) is 30.2 Å². The highest BCUT2D eigenvalue weighted by atomic mass is 32.2. The van der Waals surface area contributed by atoms with Crippen LogP contribution in [-0.4, -0.2) is 24.1 Å². The van der Waals surface area contributed by atoms with E-state index in [0.29, 0.717) is 25.1 Å². The summed E-state index contributed by atoms with van der Waals surface area (Å²) in [6.45, 7) is 1.55. The highest BCUT2D eigenvalue weighted by Gasteiger charge is 2.28. The van der Waals surface area contributed by atoms with Crippen molar-refractivity contribution in [1.82, 2.24) is 9.71 Å². The van der Waals surface area contributed by atoms with Gasteiger partial charge in [0.25, 0.3) is 11.5 Å². The van der Waals surface area contributed by atoms with Crippen molar-refractivity contribution in [3.05, 3.63) is 76.7 Å². The summed E-state index contributed by atoms with van der Waals surface area (Å²) in [6.07, 6.45) is 4.97. The highest BCUT2D eigenvalue weighted by Crippen LogP contribution is 2.24. The number of hydrogen-bond acceptors (Lipinski definition) is 5. The summed E-state index contributed by atoms with van der Waals surface area (Å²) in [5.74, 6) is 0.706. The third kappa shape index (κ3) is 6.80. The number of nitro groups is 1. The molecule has 1 aromatic heterocycles. The van der Waals surface area contributed by atoms with E-state index in [1.165, 1.54) is 18.2 Å². The number of nitrogens with zero attached hydrogens (tertiary/aromatic N) is 1. The summed E-state index contributed by atoms with van der Waals surface area (Å²) in [6, 6.07) is 14.0. The lowest BCUT2D eigenvalue weighted by molar-refractivity contribution is -0.391. The van der Waals surface area contributed by atoms with Gasteiger partial charge < -0.3 is 4.79 Å². The number of aromatic nitrogens is 2. The Labute approximate surface area is 192 Å². The quantitative estimate of drug-likeness (QED) is 0.234. The molecule has 2 aromatic carbocycles. The number of non-ortho nitro benzene ring substituents is 1. The van der Waals surface area contributed by atoms with Gasteiger partial charge in [0.2, 0.25) is 10.0 Å². The molecule has 0 bridgehead atoms. The minimum atomic E-state index is -4.02. The molecule has 0 aliphatic heterocycles. The van der Waals surface area contributed by atoms with Gasteiger partial charge in [-0.15, -0.1) is 0 Å². The number of carbonyl (C=O) groups excluding carboxylic acids is 1. The van der Waals surface area contributed by atoms with E-state index in [1.807, 2.05) is 30.3 Å². The van der Waals surface area contributed by atoms with Crippen molar-refractivity contribution in [2.45, 2.75) is 50.0 Å². The van der Waals surface area contributed by atoms with Crippen molar-refractivity contribution in [1.29, 1.82) is 0 Å². The fourth-order valence-electron chi connectivity index (χ4n) is 3.51. The molecule has 3 rings (SSSR count). The zero-order valence-corrected chi connectivity index (χ0v) is 19.1. The molecule has 9 nitrogen and oxygen atoms in total. The number of rotatable bonds is 12. The van der Waals surface area contributed by atoms with Crippen molar-refractivity contribution in [3.63, 3.8) is 0 Å². The maximum Gasteiger partial charge on any atom is 0.270 e. The molecule has 0 saturated heterocycles. The second-order valence-corrected chi connectivity index (χ2v) is 9.55. The van der Waals surface area contributed by atoms with E-state index in [4.69, 9.17) is 0 Å². The van der Waals surface area contributed by atoms with Crippen molar-refractivity contribution >= 4 is 21.5 Å². The number of Topliss-reactive ketones (excluding diaryl/α,β-unsaturated/α-hetero) is 1. The van der Waals surface area contributed by atoms with Crippen LogP contribution in [0, 0.1) is 10.1 Å². The molecule has 1 atom stereocenters. The SMILES string of the molecule is CC(=O)CCCCC[C@H](NS(=O)(=O)c1cccc([N+](=O)[O-])c1)c1[nH]c(-c2ccccc2)c[nH+]1. The lowest BCUT2D eigenvalue weighted by Crippen LogP contribution is -2.32. The summed E-state index contributed by atoms with van der Waals surface area (Å²) in [5.41, 5.74) is 1.46. The molecule has 0 aliphatic carbocycles. The zero-order chi connectivity index (χ0) is 23.8. The topological polar surface area (TPSA) is 136 Å². The van der Waals surface area contributed by atoms with Crippen LogP contribution in [0.15, 0.2) is 65.7 Å². The van der Waals surface area contributed by atoms with E-state index in [1.54, 1.807) is 13.1 Å². The molecule has 0 radical (unpaired) electrons. The van der Waals surface area contributed by atoms with Gasteiger partial charge in [-0.2, -0.15) is 4.72 Å². The fourth-order valence-corrected chi connectivity index (χ4v) is 4.79. The maximum atomic E-state index is 13.0. The third-order valence-electron chi connectivity index (χ3n) is 5.23. The van der Waals surface area contributed by atoms with E-state index in [2.05, 4.69) is 14.7 Å². The number of ketones is 1. The maximum absolute atomic E-state index is 13.0. The van der Waals surface area contributed by atoms with Crippen LogP contribution in [-0.2, 0) is 14.8 Å². The molecule has 0 spiro atoms. The highest BCUT2D eigenvalue weighted by molar-refractivity contribution is 7.89. The molecular formula is C23H27N4O5S+. The average molecular weight is 472 g/mol. The van der Waals surface area contributed by atoms with Gasteiger partial charge in [0.05, 0.1) is 9.82 Å².